The molecule has 0 heterocycles. The second-order valence-corrected chi connectivity index (χ2v) is 6.89. The molecule has 0 saturated heterocycles. The minimum absolute atomic E-state index is 0.0369. The van der Waals surface area contributed by atoms with E-state index in [1.807, 2.05) is 0 Å². The summed E-state index contributed by atoms with van der Waals surface area (Å²) in [5.41, 5.74) is 1.59. The number of alkyl halides is 1. The van der Waals surface area contributed by atoms with Crippen molar-refractivity contribution in [2.45, 2.75) is 11.6 Å². The SMILES string of the molecule is CN(c1ccccc1F)S(=O)(=O)Cc1ccc(CCl)cc1. The number of rotatable bonds is 5. The molecule has 0 radical (unpaired) electrons. The van der Waals surface area contributed by atoms with Crippen molar-refractivity contribution in [2.75, 3.05) is 11.4 Å². The highest BCUT2D eigenvalue weighted by Crippen LogP contribution is 2.22. The summed E-state index contributed by atoms with van der Waals surface area (Å²) in [6, 6.07) is 12.8. The van der Waals surface area contributed by atoms with Gasteiger partial charge in [-0.1, -0.05) is 36.4 Å². The van der Waals surface area contributed by atoms with E-state index in [4.69, 9.17) is 11.6 Å². The highest BCUT2D eigenvalue weighted by molar-refractivity contribution is 7.92. The number of nitrogens with zero attached hydrogens (tertiary/aromatic N) is 1. The lowest BCUT2D eigenvalue weighted by Gasteiger charge is -2.20. The predicted molar refractivity (Wildman–Crippen MR) is 83.4 cm³/mol. The number of hydrogen-bond acceptors (Lipinski definition) is 2. The van der Waals surface area contributed by atoms with E-state index in [9.17, 15) is 12.8 Å². The van der Waals surface area contributed by atoms with E-state index in [1.54, 1.807) is 30.3 Å². The molecule has 2 aromatic carbocycles. The molecule has 0 saturated carbocycles. The van der Waals surface area contributed by atoms with Gasteiger partial charge in [-0.15, -0.1) is 11.6 Å². The Bertz CT molecular complexity index is 717. The fourth-order valence-electron chi connectivity index (χ4n) is 1.89. The molecule has 0 aliphatic heterocycles. The van der Waals surface area contributed by atoms with Crippen LogP contribution in [-0.4, -0.2) is 15.5 Å². The number of halogens is 2. The molecule has 112 valence electrons. The molecule has 21 heavy (non-hydrogen) atoms. The first kappa shape index (κ1) is 15.8. The van der Waals surface area contributed by atoms with Crippen molar-refractivity contribution in [2.24, 2.45) is 0 Å². The van der Waals surface area contributed by atoms with Crippen molar-refractivity contribution in [1.82, 2.24) is 0 Å². The molecule has 0 aromatic heterocycles. The van der Waals surface area contributed by atoms with Gasteiger partial charge in [-0.3, -0.25) is 4.31 Å². The molecule has 0 aliphatic carbocycles. The molecule has 2 aromatic rings. The first-order valence-electron chi connectivity index (χ1n) is 6.29. The van der Waals surface area contributed by atoms with Crippen molar-refractivity contribution in [1.29, 1.82) is 0 Å². The van der Waals surface area contributed by atoms with Crippen LogP contribution in [0.15, 0.2) is 48.5 Å². The summed E-state index contributed by atoms with van der Waals surface area (Å²) in [4.78, 5) is 0. The maximum Gasteiger partial charge on any atom is 0.239 e. The molecule has 0 aliphatic rings. The third kappa shape index (κ3) is 3.74. The van der Waals surface area contributed by atoms with Gasteiger partial charge in [0.05, 0.1) is 11.4 Å². The van der Waals surface area contributed by atoms with E-state index in [1.165, 1.54) is 25.2 Å². The first-order chi connectivity index (χ1) is 9.94. The summed E-state index contributed by atoms with van der Waals surface area (Å²) in [6.45, 7) is 0. The molecular formula is C15H15ClFNO2S. The molecule has 0 N–H and O–H groups in total. The molecule has 0 amide bonds. The number of hydrogen-bond donors (Lipinski definition) is 0. The molecule has 0 unspecified atom stereocenters. The summed E-state index contributed by atoms with van der Waals surface area (Å²) < 4.78 is 39.3. The molecule has 0 bridgehead atoms. The van der Waals surface area contributed by atoms with Crippen LogP contribution in [0.4, 0.5) is 10.1 Å². The molecule has 0 fully saturated rings. The summed E-state index contributed by atoms with van der Waals surface area (Å²) in [5, 5.41) is 0. The van der Waals surface area contributed by atoms with Gasteiger partial charge in [0.1, 0.15) is 5.82 Å². The normalized spacial score (nSPS) is 11.4. The number of sulfonamides is 1. The number of anilines is 1. The van der Waals surface area contributed by atoms with Gasteiger partial charge >= 0.3 is 0 Å². The lowest BCUT2D eigenvalue weighted by atomic mass is 10.2. The Morgan fingerprint density at radius 2 is 1.62 bits per heavy atom. The lowest BCUT2D eigenvalue weighted by molar-refractivity contribution is 0.589. The smallest absolute Gasteiger partial charge is 0.239 e. The second kappa shape index (κ2) is 6.45. The molecule has 0 spiro atoms. The van der Waals surface area contributed by atoms with Crippen molar-refractivity contribution in [3.8, 4) is 0 Å². The van der Waals surface area contributed by atoms with Crippen LogP contribution in [0.25, 0.3) is 0 Å². The predicted octanol–water partition coefficient (Wildman–Crippen LogP) is 3.53. The van der Waals surface area contributed by atoms with E-state index in [-0.39, 0.29) is 11.4 Å². The van der Waals surface area contributed by atoms with Gasteiger partial charge in [-0.25, -0.2) is 12.8 Å². The molecular weight excluding hydrogens is 313 g/mol. The van der Waals surface area contributed by atoms with E-state index in [0.29, 0.717) is 11.4 Å². The summed E-state index contributed by atoms with van der Waals surface area (Å²) in [5.74, 6) is -0.385. The highest BCUT2D eigenvalue weighted by atomic mass is 35.5. The van der Waals surface area contributed by atoms with Gasteiger partial charge in [0.25, 0.3) is 0 Å². The van der Waals surface area contributed by atoms with Gasteiger partial charge in [0, 0.05) is 12.9 Å². The topological polar surface area (TPSA) is 37.4 Å². The fourth-order valence-corrected chi connectivity index (χ4v) is 3.32. The zero-order valence-electron chi connectivity index (χ0n) is 11.5. The van der Waals surface area contributed by atoms with Crippen LogP contribution in [0.5, 0.6) is 0 Å². The standard InChI is InChI=1S/C15H15ClFNO2S/c1-18(15-5-3-2-4-14(15)17)21(19,20)11-13-8-6-12(10-16)7-9-13/h2-9H,10-11H2,1H3. The third-order valence-corrected chi connectivity index (χ3v) is 5.17. The Morgan fingerprint density at radius 1 is 1.05 bits per heavy atom. The van der Waals surface area contributed by atoms with E-state index in [2.05, 4.69) is 0 Å². The molecule has 2 rings (SSSR count). The average molecular weight is 328 g/mol. The van der Waals surface area contributed by atoms with Crippen LogP contribution in [0.2, 0.25) is 0 Å². The number of para-hydroxylation sites is 1. The van der Waals surface area contributed by atoms with E-state index < -0.39 is 15.8 Å². The molecule has 3 nitrogen and oxygen atoms in total. The largest absolute Gasteiger partial charge is 0.270 e. The summed E-state index contributed by atoms with van der Waals surface area (Å²) in [6.07, 6.45) is 0. The van der Waals surface area contributed by atoms with Crippen LogP contribution in [0, 0.1) is 5.82 Å². The Labute approximate surface area is 129 Å². The average Bonchev–Trinajstić information content (AvgIpc) is 2.47. The first-order valence-corrected chi connectivity index (χ1v) is 8.43. The summed E-state index contributed by atoms with van der Waals surface area (Å²) in [7, 11) is -2.30. The second-order valence-electron chi connectivity index (χ2n) is 4.63. The van der Waals surface area contributed by atoms with E-state index in [0.717, 1.165) is 9.87 Å². The Hall–Kier alpha value is -1.59. The van der Waals surface area contributed by atoms with E-state index >= 15 is 0 Å². The Morgan fingerprint density at radius 3 is 2.19 bits per heavy atom. The minimum Gasteiger partial charge on any atom is -0.270 e. The highest BCUT2D eigenvalue weighted by Gasteiger charge is 2.21. The minimum atomic E-state index is -3.65. The Kier molecular flexibility index (Phi) is 4.85. The zero-order valence-corrected chi connectivity index (χ0v) is 13.0. The lowest BCUT2D eigenvalue weighted by Crippen LogP contribution is -2.28. The van der Waals surface area contributed by atoms with Crippen LogP contribution in [-0.2, 0) is 21.7 Å². The fraction of sp³-hybridized carbons (Fsp3) is 0.200. The maximum absolute atomic E-state index is 13.7. The van der Waals surface area contributed by atoms with Crippen molar-refractivity contribution in [3.05, 3.63) is 65.5 Å². The van der Waals surface area contributed by atoms with Gasteiger partial charge < -0.3 is 0 Å². The van der Waals surface area contributed by atoms with Crippen LogP contribution in [0.3, 0.4) is 0 Å². The van der Waals surface area contributed by atoms with Crippen LogP contribution >= 0.6 is 11.6 Å². The van der Waals surface area contributed by atoms with Crippen LogP contribution in [0.1, 0.15) is 11.1 Å². The van der Waals surface area contributed by atoms with Crippen molar-refractivity contribution >= 4 is 27.3 Å². The number of benzene rings is 2. The third-order valence-electron chi connectivity index (χ3n) is 3.14. The van der Waals surface area contributed by atoms with Crippen molar-refractivity contribution < 1.29 is 12.8 Å². The van der Waals surface area contributed by atoms with Gasteiger partial charge in [-0.2, -0.15) is 0 Å². The Balaban J connectivity index is 2.23. The summed E-state index contributed by atoms with van der Waals surface area (Å²) >= 11 is 5.69. The maximum atomic E-state index is 13.7. The zero-order chi connectivity index (χ0) is 15.5. The quantitative estimate of drug-likeness (QED) is 0.788. The monoisotopic (exact) mass is 327 g/mol. The van der Waals surface area contributed by atoms with Crippen molar-refractivity contribution in [3.63, 3.8) is 0 Å². The van der Waals surface area contributed by atoms with Gasteiger partial charge in [0.15, 0.2) is 0 Å². The molecule has 0 atom stereocenters. The van der Waals surface area contributed by atoms with Crippen LogP contribution < -0.4 is 4.31 Å². The van der Waals surface area contributed by atoms with Gasteiger partial charge in [0.2, 0.25) is 10.0 Å². The van der Waals surface area contributed by atoms with Gasteiger partial charge in [-0.05, 0) is 23.3 Å². The molecule has 6 heteroatoms.